The number of para-hydroxylation sites is 2. The molecule has 0 radical (unpaired) electrons. The van der Waals surface area contributed by atoms with Crippen molar-refractivity contribution in [3.05, 3.63) is 96.1 Å². The number of hydrogen-bond acceptors (Lipinski definition) is 4. The average Bonchev–Trinajstić information content (AvgIpc) is 2.91. The molecule has 196 valence electrons. The van der Waals surface area contributed by atoms with Crippen LogP contribution in [0.2, 0.25) is 0 Å². The number of fused-ring (bicyclic) bond motifs is 1. The number of carboxylic acid groups (broad SMARTS) is 1. The van der Waals surface area contributed by atoms with Gasteiger partial charge in [0, 0.05) is 6.42 Å². The molecule has 0 aromatic heterocycles. The molecule has 0 saturated heterocycles. The van der Waals surface area contributed by atoms with Crippen molar-refractivity contribution in [3.63, 3.8) is 0 Å². The van der Waals surface area contributed by atoms with Crippen LogP contribution in [-0.2, 0) is 20.8 Å². The molecule has 4 amide bonds. The molecule has 4 N–H and O–H groups in total. The highest BCUT2D eigenvalue weighted by Crippen LogP contribution is 2.34. The van der Waals surface area contributed by atoms with E-state index < -0.39 is 36.0 Å². The molecule has 0 bridgehead atoms. The summed E-state index contributed by atoms with van der Waals surface area (Å²) in [6.45, 7) is 3.67. The number of benzene rings is 3. The van der Waals surface area contributed by atoms with E-state index in [1.54, 1.807) is 54.6 Å². The molecule has 3 atom stereocenters. The van der Waals surface area contributed by atoms with Crippen LogP contribution in [0.3, 0.4) is 0 Å². The van der Waals surface area contributed by atoms with E-state index in [1.807, 2.05) is 44.2 Å². The van der Waals surface area contributed by atoms with E-state index in [0.717, 1.165) is 5.56 Å². The Kier molecular flexibility index (Phi) is 8.06. The van der Waals surface area contributed by atoms with Crippen molar-refractivity contribution in [2.24, 2.45) is 5.92 Å². The molecule has 1 aliphatic rings. The second-order valence-electron chi connectivity index (χ2n) is 9.45. The highest BCUT2D eigenvalue weighted by atomic mass is 16.4. The molecule has 9 heteroatoms. The summed E-state index contributed by atoms with van der Waals surface area (Å²) in [5.74, 6) is -2.43. The maximum absolute atomic E-state index is 13.8. The predicted molar refractivity (Wildman–Crippen MR) is 144 cm³/mol. The van der Waals surface area contributed by atoms with Crippen molar-refractivity contribution in [2.75, 3.05) is 10.2 Å². The standard InChI is InChI=1S/C29H30N4O5/c1-18(2)25-27(35)30-21-15-9-10-16-23(21)33(25)29(38)31-22(17-19-11-5-3-6-12-19)26(34)32-24(28(36)37)20-13-7-4-8-14-20/h3-16,18,22,24-25H,17H2,1-2H3,(H,30,35)(H,31,38)(H,32,34)(H,36,37)/t22-,24-,25-/m1/s1. The summed E-state index contributed by atoms with van der Waals surface area (Å²) in [6, 6.07) is 20.6. The van der Waals surface area contributed by atoms with Gasteiger partial charge in [-0.05, 0) is 29.2 Å². The van der Waals surface area contributed by atoms with E-state index in [4.69, 9.17) is 0 Å². The first-order chi connectivity index (χ1) is 18.3. The zero-order valence-corrected chi connectivity index (χ0v) is 21.1. The topological polar surface area (TPSA) is 128 Å². The third-order valence-corrected chi connectivity index (χ3v) is 6.38. The summed E-state index contributed by atoms with van der Waals surface area (Å²) in [5, 5.41) is 18.0. The lowest BCUT2D eigenvalue weighted by atomic mass is 9.97. The summed E-state index contributed by atoms with van der Waals surface area (Å²) in [6.07, 6.45) is 0.119. The molecule has 4 rings (SSSR count). The Morgan fingerprint density at radius 3 is 2.13 bits per heavy atom. The molecule has 0 spiro atoms. The van der Waals surface area contributed by atoms with Gasteiger partial charge in [-0.25, -0.2) is 9.59 Å². The number of hydrogen-bond donors (Lipinski definition) is 4. The van der Waals surface area contributed by atoms with Gasteiger partial charge in [-0.15, -0.1) is 0 Å². The zero-order chi connectivity index (χ0) is 27.2. The lowest BCUT2D eigenvalue weighted by molar-refractivity contribution is -0.142. The minimum Gasteiger partial charge on any atom is -0.479 e. The quantitative estimate of drug-likeness (QED) is 0.364. The monoisotopic (exact) mass is 514 g/mol. The number of amides is 4. The van der Waals surface area contributed by atoms with Gasteiger partial charge in [0.2, 0.25) is 11.8 Å². The summed E-state index contributed by atoms with van der Waals surface area (Å²) < 4.78 is 0. The van der Waals surface area contributed by atoms with Crippen molar-refractivity contribution < 1.29 is 24.3 Å². The number of nitrogens with zero attached hydrogens (tertiary/aromatic N) is 1. The van der Waals surface area contributed by atoms with E-state index in [9.17, 15) is 24.3 Å². The van der Waals surface area contributed by atoms with Gasteiger partial charge in [0.05, 0.1) is 11.4 Å². The molecule has 1 heterocycles. The lowest BCUT2D eigenvalue weighted by Crippen LogP contribution is -2.60. The third kappa shape index (κ3) is 5.83. The number of carbonyl (C=O) groups excluding carboxylic acids is 3. The minimum atomic E-state index is -1.30. The Morgan fingerprint density at radius 1 is 0.895 bits per heavy atom. The fraction of sp³-hybridized carbons (Fsp3) is 0.241. The van der Waals surface area contributed by atoms with Crippen LogP contribution in [0.5, 0.6) is 0 Å². The van der Waals surface area contributed by atoms with Gasteiger partial charge >= 0.3 is 12.0 Å². The molecule has 9 nitrogen and oxygen atoms in total. The molecular weight excluding hydrogens is 484 g/mol. The SMILES string of the molecule is CC(C)[C@@H]1C(=O)Nc2ccccc2N1C(=O)N[C@H](Cc1ccccc1)C(=O)N[C@@H](C(=O)O)c1ccccc1. The summed E-state index contributed by atoms with van der Waals surface area (Å²) in [7, 11) is 0. The Balaban J connectivity index is 1.65. The lowest BCUT2D eigenvalue weighted by Gasteiger charge is -2.39. The Hall–Kier alpha value is -4.66. The van der Waals surface area contributed by atoms with Crippen LogP contribution in [0, 0.1) is 5.92 Å². The highest BCUT2D eigenvalue weighted by Gasteiger charge is 2.40. The molecule has 0 fully saturated rings. The second-order valence-corrected chi connectivity index (χ2v) is 9.45. The Labute approximate surface area is 220 Å². The fourth-order valence-electron chi connectivity index (χ4n) is 4.55. The van der Waals surface area contributed by atoms with E-state index in [0.29, 0.717) is 16.9 Å². The largest absolute Gasteiger partial charge is 0.479 e. The van der Waals surface area contributed by atoms with Gasteiger partial charge < -0.3 is 21.1 Å². The number of anilines is 2. The number of nitrogens with one attached hydrogen (secondary N) is 3. The normalized spacial score (nSPS) is 16.1. The summed E-state index contributed by atoms with van der Waals surface area (Å²) >= 11 is 0. The molecule has 3 aromatic rings. The summed E-state index contributed by atoms with van der Waals surface area (Å²) in [4.78, 5) is 53.6. The van der Waals surface area contributed by atoms with E-state index in [1.165, 1.54) is 4.90 Å². The molecule has 0 aliphatic carbocycles. The second kappa shape index (κ2) is 11.6. The summed E-state index contributed by atoms with van der Waals surface area (Å²) in [5.41, 5.74) is 2.18. The van der Waals surface area contributed by atoms with Crippen molar-refractivity contribution in [1.82, 2.24) is 10.6 Å². The number of aliphatic carboxylic acids is 1. The highest BCUT2D eigenvalue weighted by molar-refractivity contribution is 6.12. The molecule has 3 aromatic carbocycles. The van der Waals surface area contributed by atoms with Crippen LogP contribution >= 0.6 is 0 Å². The van der Waals surface area contributed by atoms with Crippen molar-refractivity contribution >= 4 is 35.2 Å². The van der Waals surface area contributed by atoms with Gasteiger partial charge in [-0.3, -0.25) is 14.5 Å². The van der Waals surface area contributed by atoms with Crippen molar-refractivity contribution in [3.8, 4) is 0 Å². The molecule has 38 heavy (non-hydrogen) atoms. The molecule has 0 unspecified atom stereocenters. The van der Waals surface area contributed by atoms with Crippen LogP contribution in [0.15, 0.2) is 84.9 Å². The van der Waals surface area contributed by atoms with Crippen LogP contribution in [0.25, 0.3) is 0 Å². The first-order valence-electron chi connectivity index (χ1n) is 12.4. The van der Waals surface area contributed by atoms with E-state index >= 15 is 0 Å². The first kappa shape index (κ1) is 26.4. The smallest absolute Gasteiger partial charge is 0.330 e. The molecule has 0 saturated carbocycles. The van der Waals surface area contributed by atoms with Crippen LogP contribution in [-0.4, -0.2) is 41.0 Å². The van der Waals surface area contributed by atoms with Gasteiger partial charge in [0.25, 0.3) is 0 Å². The maximum atomic E-state index is 13.8. The Morgan fingerprint density at radius 2 is 1.50 bits per heavy atom. The predicted octanol–water partition coefficient (Wildman–Crippen LogP) is 3.73. The minimum absolute atomic E-state index is 0.119. The number of urea groups is 1. The van der Waals surface area contributed by atoms with Gasteiger partial charge in [0.15, 0.2) is 6.04 Å². The van der Waals surface area contributed by atoms with E-state index in [2.05, 4.69) is 16.0 Å². The number of carbonyl (C=O) groups is 4. The zero-order valence-electron chi connectivity index (χ0n) is 21.1. The fourth-order valence-corrected chi connectivity index (χ4v) is 4.55. The average molecular weight is 515 g/mol. The van der Waals surface area contributed by atoms with Crippen LogP contribution in [0.1, 0.15) is 31.0 Å². The van der Waals surface area contributed by atoms with Crippen molar-refractivity contribution in [2.45, 2.75) is 38.4 Å². The molecule has 1 aliphatic heterocycles. The van der Waals surface area contributed by atoms with Crippen LogP contribution < -0.4 is 20.9 Å². The van der Waals surface area contributed by atoms with Gasteiger partial charge in [0.1, 0.15) is 12.1 Å². The number of rotatable bonds is 8. The maximum Gasteiger partial charge on any atom is 0.330 e. The van der Waals surface area contributed by atoms with E-state index in [-0.39, 0.29) is 18.2 Å². The van der Waals surface area contributed by atoms with Crippen LogP contribution in [0.4, 0.5) is 16.2 Å². The van der Waals surface area contributed by atoms with Gasteiger partial charge in [-0.2, -0.15) is 0 Å². The van der Waals surface area contributed by atoms with Crippen molar-refractivity contribution in [1.29, 1.82) is 0 Å². The third-order valence-electron chi connectivity index (χ3n) is 6.38. The Bertz CT molecular complexity index is 1310. The first-order valence-corrected chi connectivity index (χ1v) is 12.4. The van der Waals surface area contributed by atoms with Gasteiger partial charge in [-0.1, -0.05) is 86.6 Å². The number of carboxylic acids is 1. The molecular formula is C29H30N4O5.